The quantitative estimate of drug-likeness (QED) is 0.430. The van der Waals surface area contributed by atoms with E-state index < -0.39 is 0 Å². The van der Waals surface area contributed by atoms with Crippen molar-refractivity contribution < 1.29 is 21.7 Å². The van der Waals surface area contributed by atoms with E-state index >= 15 is 0 Å². The van der Waals surface area contributed by atoms with Gasteiger partial charge in [0, 0.05) is 21.7 Å². The third-order valence-corrected chi connectivity index (χ3v) is 3.04. The number of benzene rings is 1. The predicted molar refractivity (Wildman–Crippen MR) is 83.3 cm³/mol. The van der Waals surface area contributed by atoms with Crippen molar-refractivity contribution in [1.82, 2.24) is 5.01 Å². The van der Waals surface area contributed by atoms with Crippen LogP contribution in [-0.2, 0) is 21.7 Å². The van der Waals surface area contributed by atoms with Gasteiger partial charge in [-0.05, 0) is 32.4 Å². The Morgan fingerprint density at radius 3 is 2.11 bits per heavy atom. The van der Waals surface area contributed by atoms with Crippen LogP contribution in [0, 0.1) is 28.2 Å². The average molecular weight is 296 g/mol. The normalized spacial score (nSPS) is 13.6. The van der Waals surface area contributed by atoms with Crippen molar-refractivity contribution in [2.75, 3.05) is 13.6 Å². The summed E-state index contributed by atoms with van der Waals surface area (Å²) in [6, 6.07) is 10.2. The van der Waals surface area contributed by atoms with Gasteiger partial charge in [-0.3, -0.25) is 0 Å². The fourth-order valence-corrected chi connectivity index (χ4v) is 2.30. The van der Waals surface area contributed by atoms with Crippen LogP contribution in [0.2, 0.25) is 0 Å². The van der Waals surface area contributed by atoms with Crippen LogP contribution in [0.1, 0.15) is 25.7 Å². The van der Waals surface area contributed by atoms with Crippen molar-refractivity contribution in [2.24, 2.45) is 5.92 Å². The molecule has 1 aliphatic rings. The largest absolute Gasteiger partial charge is 0.620 e. The van der Waals surface area contributed by atoms with Crippen molar-refractivity contribution in [3.63, 3.8) is 0 Å². The maximum absolute atomic E-state index is 4.56. The van der Waals surface area contributed by atoms with Gasteiger partial charge >= 0.3 is 0 Å². The van der Waals surface area contributed by atoms with Gasteiger partial charge in [-0.15, -0.1) is 5.69 Å². The molecular formula is C16H28N2Ti-4. The van der Waals surface area contributed by atoms with Crippen molar-refractivity contribution in [3.8, 4) is 0 Å². The summed E-state index contributed by atoms with van der Waals surface area (Å²) in [5.41, 5.74) is 5.61. The van der Waals surface area contributed by atoms with Crippen LogP contribution in [0.25, 0.3) is 5.43 Å². The van der Waals surface area contributed by atoms with Crippen molar-refractivity contribution >= 4 is 5.69 Å². The van der Waals surface area contributed by atoms with Crippen molar-refractivity contribution in [3.05, 3.63) is 58.0 Å². The van der Waals surface area contributed by atoms with Gasteiger partial charge in [0.2, 0.25) is 0 Å². The second kappa shape index (κ2) is 12.7. The molecule has 0 N–H and O–H groups in total. The van der Waals surface area contributed by atoms with E-state index in [0.29, 0.717) is 0 Å². The maximum atomic E-state index is 4.56. The number of hydrogen-bond acceptors (Lipinski definition) is 1. The van der Waals surface area contributed by atoms with Crippen molar-refractivity contribution in [2.45, 2.75) is 25.7 Å². The van der Waals surface area contributed by atoms with Gasteiger partial charge in [-0.1, -0.05) is 43.2 Å². The van der Waals surface area contributed by atoms with Crippen LogP contribution in [0.3, 0.4) is 0 Å². The number of nitrogens with zero attached hydrogens (tertiary/aromatic N) is 2. The zero-order valence-corrected chi connectivity index (χ0v) is 14.5. The SMILES string of the molecule is CN(CC1CCCC1)[N-]c1ccccc1.[CH3-].[CH3-].[CH3-].[Ti]. The van der Waals surface area contributed by atoms with E-state index in [2.05, 4.69) is 17.5 Å². The second-order valence-corrected chi connectivity index (χ2v) is 4.43. The van der Waals surface area contributed by atoms with E-state index in [1.165, 1.54) is 25.7 Å². The third kappa shape index (κ3) is 8.46. The molecule has 19 heavy (non-hydrogen) atoms. The molecule has 0 radical (unpaired) electrons. The predicted octanol–water partition coefficient (Wildman–Crippen LogP) is 5.08. The summed E-state index contributed by atoms with van der Waals surface area (Å²) in [6.07, 6.45) is 5.58. The minimum absolute atomic E-state index is 0. The van der Waals surface area contributed by atoms with Crippen LogP contribution >= 0.6 is 0 Å². The maximum Gasteiger partial charge on any atom is 0 e. The molecule has 0 amide bonds. The Kier molecular flexibility index (Phi) is 15.9. The first kappa shape index (κ1) is 23.8. The summed E-state index contributed by atoms with van der Waals surface area (Å²) >= 11 is 0. The zero-order chi connectivity index (χ0) is 10.5. The molecular weight excluding hydrogens is 268 g/mol. The smallest absolute Gasteiger partial charge is 0 e. The molecule has 0 bridgehead atoms. The Bertz CT molecular complexity index is 284. The summed E-state index contributed by atoms with van der Waals surface area (Å²) in [5.74, 6) is 0.863. The topological polar surface area (TPSA) is 17.3 Å². The molecule has 1 saturated carbocycles. The third-order valence-electron chi connectivity index (χ3n) is 3.04. The number of rotatable bonds is 4. The average Bonchev–Trinajstić information content (AvgIpc) is 2.71. The van der Waals surface area contributed by atoms with Gasteiger partial charge in [-0.25, -0.2) is 0 Å². The van der Waals surface area contributed by atoms with Crippen molar-refractivity contribution in [1.29, 1.82) is 0 Å². The molecule has 2 rings (SSSR count). The molecule has 2 nitrogen and oxygen atoms in total. The molecule has 0 aliphatic heterocycles. The van der Waals surface area contributed by atoms with Crippen LogP contribution in [0.15, 0.2) is 30.3 Å². The first-order valence-corrected chi connectivity index (χ1v) is 5.82. The minimum atomic E-state index is 0. The minimum Gasteiger partial charge on any atom is -0.620 e. The molecule has 0 atom stereocenters. The molecule has 1 aromatic carbocycles. The molecule has 1 aromatic rings. The summed E-state index contributed by atoms with van der Waals surface area (Å²) in [6.45, 7) is 1.11. The zero-order valence-electron chi connectivity index (χ0n) is 12.9. The second-order valence-electron chi connectivity index (χ2n) is 4.43. The molecule has 1 fully saturated rings. The standard InChI is InChI=1S/C13H19N2.3CH3.Ti/c1-15(11-12-7-5-6-8-12)14-13-9-3-2-4-10-13;;;;/h2-4,9-10,12H,5-8,11H2,1H3;3*1H3;/q4*-1;. The van der Waals surface area contributed by atoms with Crippen LogP contribution in [0.4, 0.5) is 5.69 Å². The Morgan fingerprint density at radius 1 is 1.05 bits per heavy atom. The van der Waals surface area contributed by atoms with Gasteiger partial charge in [0.15, 0.2) is 0 Å². The molecule has 3 heteroatoms. The fourth-order valence-electron chi connectivity index (χ4n) is 2.30. The summed E-state index contributed by atoms with van der Waals surface area (Å²) in [5, 5.41) is 2.09. The monoisotopic (exact) mass is 296 g/mol. The van der Waals surface area contributed by atoms with Crippen LogP contribution in [0.5, 0.6) is 0 Å². The van der Waals surface area contributed by atoms with E-state index in [0.717, 1.165) is 18.2 Å². The van der Waals surface area contributed by atoms with Crippen LogP contribution < -0.4 is 0 Å². The molecule has 110 valence electrons. The van der Waals surface area contributed by atoms with Gasteiger partial charge in [0.05, 0.1) is 0 Å². The van der Waals surface area contributed by atoms with Gasteiger partial charge in [-0.2, -0.15) is 0 Å². The first-order chi connectivity index (χ1) is 7.34. The first-order valence-electron chi connectivity index (χ1n) is 5.82. The van der Waals surface area contributed by atoms with E-state index in [1.54, 1.807) is 0 Å². The van der Waals surface area contributed by atoms with E-state index in [9.17, 15) is 0 Å². The summed E-state index contributed by atoms with van der Waals surface area (Å²) in [4.78, 5) is 0. The van der Waals surface area contributed by atoms with Crippen LogP contribution in [-0.4, -0.2) is 18.6 Å². The Morgan fingerprint density at radius 2 is 1.58 bits per heavy atom. The van der Waals surface area contributed by atoms with E-state index in [1.807, 2.05) is 30.3 Å². The molecule has 0 aromatic heterocycles. The van der Waals surface area contributed by atoms with E-state index in [-0.39, 0.29) is 44.0 Å². The molecule has 0 heterocycles. The summed E-state index contributed by atoms with van der Waals surface area (Å²) < 4.78 is 0. The molecule has 1 aliphatic carbocycles. The molecule has 0 spiro atoms. The Balaban J connectivity index is -0.000000640. The van der Waals surface area contributed by atoms with Gasteiger partial charge in [0.25, 0.3) is 0 Å². The number of hydrogen-bond donors (Lipinski definition) is 0. The molecule has 0 saturated heterocycles. The van der Waals surface area contributed by atoms with E-state index in [4.69, 9.17) is 0 Å². The Labute approximate surface area is 135 Å². The summed E-state index contributed by atoms with van der Waals surface area (Å²) in [7, 11) is 2.07. The van der Waals surface area contributed by atoms with Gasteiger partial charge in [0.1, 0.15) is 0 Å². The Hall–Kier alpha value is -0.306. The fraction of sp³-hybridized carbons (Fsp3) is 0.438. The molecule has 0 unspecified atom stereocenters. The van der Waals surface area contributed by atoms with Gasteiger partial charge < -0.3 is 32.7 Å².